The predicted molar refractivity (Wildman–Crippen MR) is 70.5 cm³/mol. The molecule has 0 bridgehead atoms. The summed E-state index contributed by atoms with van der Waals surface area (Å²) in [5, 5.41) is 4.40. The van der Waals surface area contributed by atoms with Crippen LogP contribution >= 0.6 is 0 Å². The van der Waals surface area contributed by atoms with E-state index in [0.717, 1.165) is 17.5 Å². The summed E-state index contributed by atoms with van der Waals surface area (Å²) in [6, 6.07) is 0.161. The van der Waals surface area contributed by atoms with Crippen molar-refractivity contribution in [3.8, 4) is 0 Å². The zero-order valence-electron chi connectivity index (χ0n) is 11.5. The summed E-state index contributed by atoms with van der Waals surface area (Å²) in [5.74, 6) is 2.25. The molecule has 3 heteroatoms. The van der Waals surface area contributed by atoms with Gasteiger partial charge in [-0.15, -0.1) is 0 Å². The first kappa shape index (κ1) is 12.6. The van der Waals surface area contributed by atoms with Gasteiger partial charge in [0.25, 0.3) is 0 Å². The maximum atomic E-state index is 6.46. The van der Waals surface area contributed by atoms with Crippen LogP contribution in [0.3, 0.4) is 0 Å². The maximum absolute atomic E-state index is 6.46. The van der Waals surface area contributed by atoms with E-state index in [1.807, 2.05) is 11.7 Å². The molecule has 0 amide bonds. The lowest BCUT2D eigenvalue weighted by Crippen LogP contribution is -2.29. The highest BCUT2D eigenvalue weighted by molar-refractivity contribution is 5.20. The Morgan fingerprint density at radius 2 is 1.88 bits per heavy atom. The average molecular weight is 235 g/mol. The fourth-order valence-corrected chi connectivity index (χ4v) is 3.50. The average Bonchev–Trinajstić information content (AvgIpc) is 2.55. The molecule has 1 aromatic heterocycles. The molecule has 3 unspecified atom stereocenters. The first-order valence-electron chi connectivity index (χ1n) is 6.73. The van der Waals surface area contributed by atoms with E-state index >= 15 is 0 Å². The van der Waals surface area contributed by atoms with Crippen molar-refractivity contribution in [1.82, 2.24) is 9.78 Å². The predicted octanol–water partition coefficient (Wildman–Crippen LogP) is 2.80. The SMILES string of the molecule is Cc1nn(C)cc1C(N)C1CC(C)CC(C)C1. The number of rotatable bonds is 2. The third kappa shape index (κ3) is 2.71. The van der Waals surface area contributed by atoms with Crippen LogP contribution in [-0.4, -0.2) is 9.78 Å². The molecule has 1 heterocycles. The van der Waals surface area contributed by atoms with E-state index in [9.17, 15) is 0 Å². The highest BCUT2D eigenvalue weighted by Crippen LogP contribution is 2.39. The molecule has 1 aliphatic rings. The van der Waals surface area contributed by atoms with Gasteiger partial charge in [-0.3, -0.25) is 4.68 Å². The van der Waals surface area contributed by atoms with Crippen LogP contribution < -0.4 is 5.73 Å². The fraction of sp³-hybridized carbons (Fsp3) is 0.786. The number of aryl methyl sites for hydroxylation is 2. The Kier molecular flexibility index (Phi) is 3.57. The van der Waals surface area contributed by atoms with Gasteiger partial charge in [0.05, 0.1) is 5.69 Å². The van der Waals surface area contributed by atoms with Gasteiger partial charge >= 0.3 is 0 Å². The van der Waals surface area contributed by atoms with Crippen molar-refractivity contribution in [2.24, 2.45) is 30.5 Å². The molecule has 1 aliphatic carbocycles. The zero-order valence-corrected chi connectivity index (χ0v) is 11.5. The molecule has 2 rings (SSSR count). The van der Waals surface area contributed by atoms with Crippen molar-refractivity contribution >= 4 is 0 Å². The van der Waals surface area contributed by atoms with Crippen LogP contribution in [0.25, 0.3) is 0 Å². The Hall–Kier alpha value is -0.830. The van der Waals surface area contributed by atoms with Crippen LogP contribution in [0, 0.1) is 24.7 Å². The van der Waals surface area contributed by atoms with Gasteiger partial charge in [-0.05, 0) is 43.9 Å². The Morgan fingerprint density at radius 1 is 1.29 bits per heavy atom. The van der Waals surface area contributed by atoms with Gasteiger partial charge in [0.2, 0.25) is 0 Å². The highest BCUT2D eigenvalue weighted by Gasteiger charge is 2.30. The second kappa shape index (κ2) is 4.81. The zero-order chi connectivity index (χ0) is 12.6. The van der Waals surface area contributed by atoms with Crippen LogP contribution in [0.2, 0.25) is 0 Å². The molecule has 0 aliphatic heterocycles. The smallest absolute Gasteiger partial charge is 0.0641 e. The van der Waals surface area contributed by atoms with Gasteiger partial charge in [0.1, 0.15) is 0 Å². The van der Waals surface area contributed by atoms with Crippen molar-refractivity contribution in [3.63, 3.8) is 0 Å². The Balaban J connectivity index is 2.14. The second-order valence-electron chi connectivity index (χ2n) is 6.05. The molecule has 2 N–H and O–H groups in total. The lowest BCUT2D eigenvalue weighted by molar-refractivity contribution is 0.193. The molecule has 3 atom stereocenters. The number of hydrogen-bond acceptors (Lipinski definition) is 2. The molecule has 96 valence electrons. The van der Waals surface area contributed by atoms with Crippen molar-refractivity contribution in [1.29, 1.82) is 0 Å². The summed E-state index contributed by atoms with van der Waals surface area (Å²) < 4.78 is 1.88. The van der Waals surface area contributed by atoms with Crippen LogP contribution in [-0.2, 0) is 7.05 Å². The van der Waals surface area contributed by atoms with Gasteiger partial charge in [-0.25, -0.2) is 0 Å². The van der Waals surface area contributed by atoms with Crippen LogP contribution in [0.4, 0.5) is 0 Å². The third-order valence-corrected chi connectivity index (χ3v) is 4.13. The molecule has 1 fully saturated rings. The van der Waals surface area contributed by atoms with E-state index in [0.29, 0.717) is 5.92 Å². The summed E-state index contributed by atoms with van der Waals surface area (Å²) >= 11 is 0. The van der Waals surface area contributed by atoms with E-state index < -0.39 is 0 Å². The van der Waals surface area contributed by atoms with Gasteiger partial charge in [0, 0.05) is 24.8 Å². The number of hydrogen-bond donors (Lipinski definition) is 1. The minimum atomic E-state index is 0.161. The molecule has 0 radical (unpaired) electrons. The molecule has 3 nitrogen and oxygen atoms in total. The van der Waals surface area contributed by atoms with Crippen molar-refractivity contribution in [2.45, 2.75) is 46.1 Å². The minimum Gasteiger partial charge on any atom is -0.324 e. The summed E-state index contributed by atoms with van der Waals surface area (Å²) in [7, 11) is 1.97. The molecule has 0 aromatic carbocycles. The quantitative estimate of drug-likeness (QED) is 0.856. The van der Waals surface area contributed by atoms with E-state index in [4.69, 9.17) is 5.73 Å². The normalized spacial score (nSPS) is 31.5. The summed E-state index contributed by atoms with van der Waals surface area (Å²) in [6.07, 6.45) is 5.97. The van der Waals surface area contributed by atoms with Gasteiger partial charge in [-0.2, -0.15) is 5.10 Å². The van der Waals surface area contributed by atoms with E-state index in [2.05, 4.69) is 32.1 Å². The fourth-order valence-electron chi connectivity index (χ4n) is 3.50. The van der Waals surface area contributed by atoms with E-state index in [1.165, 1.54) is 24.8 Å². The monoisotopic (exact) mass is 235 g/mol. The molecule has 0 saturated heterocycles. The molecule has 1 saturated carbocycles. The summed E-state index contributed by atoms with van der Waals surface area (Å²) in [4.78, 5) is 0. The molecule has 1 aromatic rings. The Morgan fingerprint density at radius 3 is 2.35 bits per heavy atom. The first-order valence-corrected chi connectivity index (χ1v) is 6.73. The van der Waals surface area contributed by atoms with Crippen LogP contribution in [0.1, 0.15) is 50.4 Å². The van der Waals surface area contributed by atoms with E-state index in [-0.39, 0.29) is 6.04 Å². The first-order chi connectivity index (χ1) is 7.97. The lowest BCUT2D eigenvalue weighted by atomic mass is 9.73. The van der Waals surface area contributed by atoms with Crippen LogP contribution in [0.5, 0.6) is 0 Å². The summed E-state index contributed by atoms with van der Waals surface area (Å²) in [6.45, 7) is 6.77. The molecule has 17 heavy (non-hydrogen) atoms. The van der Waals surface area contributed by atoms with Crippen LogP contribution in [0.15, 0.2) is 6.20 Å². The maximum Gasteiger partial charge on any atom is 0.0641 e. The Bertz CT molecular complexity index is 373. The number of nitrogens with zero attached hydrogens (tertiary/aromatic N) is 2. The standard InChI is InChI=1S/C14H25N3/c1-9-5-10(2)7-12(6-9)14(15)13-8-17(4)16-11(13)3/h8-10,12,14H,5-7,15H2,1-4H3. The van der Waals surface area contributed by atoms with Crippen molar-refractivity contribution < 1.29 is 0 Å². The molecular weight excluding hydrogens is 210 g/mol. The van der Waals surface area contributed by atoms with Gasteiger partial charge in [0.15, 0.2) is 0 Å². The minimum absolute atomic E-state index is 0.161. The van der Waals surface area contributed by atoms with Crippen molar-refractivity contribution in [2.75, 3.05) is 0 Å². The lowest BCUT2D eigenvalue weighted by Gasteiger charge is -2.34. The topological polar surface area (TPSA) is 43.8 Å². The summed E-state index contributed by atoms with van der Waals surface area (Å²) in [5.41, 5.74) is 8.78. The molecular formula is C14H25N3. The Labute approximate surface area is 104 Å². The van der Waals surface area contributed by atoms with E-state index in [1.54, 1.807) is 0 Å². The van der Waals surface area contributed by atoms with Gasteiger partial charge in [-0.1, -0.05) is 13.8 Å². The van der Waals surface area contributed by atoms with Crippen molar-refractivity contribution in [3.05, 3.63) is 17.5 Å². The third-order valence-electron chi connectivity index (χ3n) is 4.13. The number of nitrogens with two attached hydrogens (primary N) is 1. The molecule has 0 spiro atoms. The van der Waals surface area contributed by atoms with Gasteiger partial charge < -0.3 is 5.73 Å². The highest BCUT2D eigenvalue weighted by atomic mass is 15.2. The second-order valence-corrected chi connectivity index (χ2v) is 6.05. The largest absolute Gasteiger partial charge is 0.324 e. The number of aromatic nitrogens is 2.